The second kappa shape index (κ2) is 6.85. The molecule has 0 saturated carbocycles. The molecule has 28 heavy (non-hydrogen) atoms. The summed E-state index contributed by atoms with van der Waals surface area (Å²) in [6.07, 6.45) is 6.46. The average Bonchev–Trinajstić information content (AvgIpc) is 3.29. The van der Waals surface area contributed by atoms with E-state index in [1.54, 1.807) is 6.08 Å². The molecule has 5 rings (SSSR count). The minimum Gasteiger partial charge on any atom is -0.454 e. The zero-order valence-electron chi connectivity index (χ0n) is 15.3. The summed E-state index contributed by atoms with van der Waals surface area (Å²) in [6, 6.07) is 19.8. The van der Waals surface area contributed by atoms with Crippen LogP contribution in [0, 0.1) is 0 Å². The van der Waals surface area contributed by atoms with Crippen molar-refractivity contribution >= 4 is 23.0 Å². The highest BCUT2D eigenvalue weighted by Gasteiger charge is 2.19. The summed E-state index contributed by atoms with van der Waals surface area (Å²) in [5.41, 5.74) is 3.33. The Kier molecular flexibility index (Phi) is 4.05. The molecular formula is C23H19N3O2. The van der Waals surface area contributed by atoms with E-state index >= 15 is 0 Å². The molecule has 0 atom stereocenters. The number of para-hydroxylation sites is 2. The van der Waals surface area contributed by atoms with Gasteiger partial charge in [-0.1, -0.05) is 36.4 Å². The van der Waals surface area contributed by atoms with E-state index in [2.05, 4.69) is 0 Å². The number of likely N-dealkylation sites (tertiary alicyclic amines) is 1. The number of fused-ring (bicyclic) bond motifs is 1. The van der Waals surface area contributed by atoms with Gasteiger partial charge < -0.3 is 9.32 Å². The van der Waals surface area contributed by atoms with Crippen molar-refractivity contribution in [3.05, 3.63) is 78.5 Å². The third-order valence-electron chi connectivity index (χ3n) is 5.00. The standard InChI is InChI=1S/C23H19N3O2/c27-22(25-13-6-14-25)12-11-18-16-26(19-8-2-1-3-9-19)24-23(18)21-15-17-7-4-5-10-20(17)28-21/h1-5,7-12,15-16H,6,13-14H2. The molecule has 138 valence electrons. The van der Waals surface area contributed by atoms with Crippen LogP contribution in [-0.4, -0.2) is 33.7 Å². The highest BCUT2D eigenvalue weighted by Crippen LogP contribution is 2.30. The molecule has 1 amide bonds. The van der Waals surface area contributed by atoms with Gasteiger partial charge in [-0.3, -0.25) is 4.79 Å². The van der Waals surface area contributed by atoms with E-state index < -0.39 is 0 Å². The molecule has 0 N–H and O–H groups in total. The second-order valence-electron chi connectivity index (χ2n) is 6.87. The monoisotopic (exact) mass is 369 g/mol. The van der Waals surface area contributed by atoms with Gasteiger partial charge in [0.1, 0.15) is 11.3 Å². The number of carbonyl (C=O) groups excluding carboxylic acids is 1. The number of amides is 1. The number of hydrogen-bond acceptors (Lipinski definition) is 3. The van der Waals surface area contributed by atoms with Crippen LogP contribution in [0.4, 0.5) is 0 Å². The molecule has 4 aromatic rings. The van der Waals surface area contributed by atoms with Gasteiger partial charge in [-0.25, -0.2) is 4.68 Å². The number of benzene rings is 2. The quantitative estimate of drug-likeness (QED) is 0.497. The van der Waals surface area contributed by atoms with Crippen molar-refractivity contribution in [2.45, 2.75) is 6.42 Å². The van der Waals surface area contributed by atoms with E-state index in [0.29, 0.717) is 11.5 Å². The Hall–Kier alpha value is -3.60. The van der Waals surface area contributed by atoms with E-state index in [-0.39, 0.29) is 5.91 Å². The summed E-state index contributed by atoms with van der Waals surface area (Å²) in [5.74, 6) is 0.723. The predicted octanol–water partition coefficient (Wildman–Crippen LogP) is 4.53. The molecule has 1 saturated heterocycles. The predicted molar refractivity (Wildman–Crippen MR) is 109 cm³/mol. The average molecular weight is 369 g/mol. The maximum absolute atomic E-state index is 12.3. The molecule has 0 aliphatic carbocycles. The third kappa shape index (κ3) is 3.01. The van der Waals surface area contributed by atoms with E-state index in [4.69, 9.17) is 9.52 Å². The van der Waals surface area contributed by atoms with Gasteiger partial charge in [0.05, 0.1) is 5.69 Å². The van der Waals surface area contributed by atoms with Crippen LogP contribution in [-0.2, 0) is 4.79 Å². The number of hydrogen-bond donors (Lipinski definition) is 0. The molecule has 1 aliphatic heterocycles. The zero-order valence-corrected chi connectivity index (χ0v) is 15.3. The zero-order chi connectivity index (χ0) is 18.9. The molecule has 0 radical (unpaired) electrons. The van der Waals surface area contributed by atoms with Crippen molar-refractivity contribution < 1.29 is 9.21 Å². The molecule has 3 heterocycles. The van der Waals surface area contributed by atoms with Crippen LogP contribution in [0.5, 0.6) is 0 Å². The molecule has 0 spiro atoms. The first-order valence-electron chi connectivity index (χ1n) is 9.39. The van der Waals surface area contributed by atoms with Crippen molar-refractivity contribution in [1.29, 1.82) is 0 Å². The lowest BCUT2D eigenvalue weighted by molar-refractivity contribution is -0.129. The Labute approximate surface area is 162 Å². The fraction of sp³-hybridized carbons (Fsp3) is 0.130. The molecule has 5 heteroatoms. The number of carbonyl (C=O) groups is 1. The first-order valence-corrected chi connectivity index (χ1v) is 9.39. The minimum atomic E-state index is 0.0364. The van der Waals surface area contributed by atoms with Crippen LogP contribution in [0.3, 0.4) is 0 Å². The van der Waals surface area contributed by atoms with Gasteiger partial charge in [0.25, 0.3) is 0 Å². The fourth-order valence-electron chi connectivity index (χ4n) is 3.32. The van der Waals surface area contributed by atoms with Crippen molar-refractivity contribution in [2.75, 3.05) is 13.1 Å². The summed E-state index contributed by atoms with van der Waals surface area (Å²) >= 11 is 0. The van der Waals surface area contributed by atoms with Gasteiger partial charge in [-0.2, -0.15) is 5.10 Å². The van der Waals surface area contributed by atoms with Crippen LogP contribution in [0.15, 0.2) is 77.4 Å². The fourth-order valence-corrected chi connectivity index (χ4v) is 3.32. The highest BCUT2D eigenvalue weighted by molar-refractivity contribution is 5.93. The number of rotatable bonds is 4. The van der Waals surface area contributed by atoms with E-state index in [0.717, 1.165) is 41.7 Å². The van der Waals surface area contributed by atoms with Gasteiger partial charge in [0, 0.05) is 36.3 Å². The lowest BCUT2D eigenvalue weighted by atomic mass is 10.1. The number of nitrogens with zero attached hydrogens (tertiary/aromatic N) is 3. The lowest BCUT2D eigenvalue weighted by Gasteiger charge is -2.29. The van der Waals surface area contributed by atoms with Gasteiger partial charge in [0.2, 0.25) is 5.91 Å². The molecule has 0 bridgehead atoms. The van der Waals surface area contributed by atoms with Crippen molar-refractivity contribution in [1.82, 2.24) is 14.7 Å². The first-order chi connectivity index (χ1) is 13.8. The maximum Gasteiger partial charge on any atom is 0.246 e. The molecule has 2 aromatic carbocycles. The minimum absolute atomic E-state index is 0.0364. The molecular weight excluding hydrogens is 350 g/mol. The Morgan fingerprint density at radius 1 is 1.04 bits per heavy atom. The van der Waals surface area contributed by atoms with Crippen molar-refractivity contribution in [2.24, 2.45) is 0 Å². The van der Waals surface area contributed by atoms with Crippen LogP contribution in [0.25, 0.3) is 34.2 Å². The van der Waals surface area contributed by atoms with E-state index in [1.807, 2.05) is 82.5 Å². The van der Waals surface area contributed by atoms with E-state index in [9.17, 15) is 4.79 Å². The summed E-state index contributed by atoms with van der Waals surface area (Å²) in [5, 5.41) is 5.78. The first kappa shape index (κ1) is 16.6. The second-order valence-corrected chi connectivity index (χ2v) is 6.87. The largest absolute Gasteiger partial charge is 0.454 e. The number of aromatic nitrogens is 2. The lowest BCUT2D eigenvalue weighted by Crippen LogP contribution is -2.40. The molecule has 0 unspecified atom stereocenters. The van der Waals surface area contributed by atoms with Crippen LogP contribution >= 0.6 is 0 Å². The Morgan fingerprint density at radius 3 is 2.57 bits per heavy atom. The van der Waals surface area contributed by atoms with Crippen LogP contribution in [0.1, 0.15) is 12.0 Å². The summed E-state index contributed by atoms with van der Waals surface area (Å²) in [7, 11) is 0. The highest BCUT2D eigenvalue weighted by atomic mass is 16.3. The Balaban J connectivity index is 1.58. The van der Waals surface area contributed by atoms with Crippen molar-refractivity contribution in [3.63, 3.8) is 0 Å². The van der Waals surface area contributed by atoms with Gasteiger partial charge in [-0.15, -0.1) is 0 Å². The molecule has 2 aromatic heterocycles. The van der Waals surface area contributed by atoms with Crippen LogP contribution < -0.4 is 0 Å². The van der Waals surface area contributed by atoms with Crippen molar-refractivity contribution in [3.8, 4) is 17.1 Å². The summed E-state index contributed by atoms with van der Waals surface area (Å²) in [4.78, 5) is 14.1. The van der Waals surface area contributed by atoms with Crippen LogP contribution in [0.2, 0.25) is 0 Å². The van der Waals surface area contributed by atoms with E-state index in [1.165, 1.54) is 0 Å². The Bertz CT molecular complexity index is 1130. The summed E-state index contributed by atoms with van der Waals surface area (Å²) < 4.78 is 7.84. The van der Waals surface area contributed by atoms with Gasteiger partial charge >= 0.3 is 0 Å². The Morgan fingerprint density at radius 2 is 1.82 bits per heavy atom. The maximum atomic E-state index is 12.3. The number of furan rings is 1. The normalized spacial score (nSPS) is 13.9. The molecule has 1 aliphatic rings. The molecule has 1 fully saturated rings. The van der Waals surface area contributed by atoms with Gasteiger partial charge in [0.15, 0.2) is 5.76 Å². The molecule has 5 nitrogen and oxygen atoms in total. The topological polar surface area (TPSA) is 51.3 Å². The third-order valence-corrected chi connectivity index (χ3v) is 5.00. The summed E-state index contributed by atoms with van der Waals surface area (Å²) in [6.45, 7) is 1.67. The van der Waals surface area contributed by atoms with Gasteiger partial charge in [-0.05, 0) is 36.8 Å². The smallest absolute Gasteiger partial charge is 0.246 e. The SMILES string of the molecule is O=C(C=Cc1cn(-c2ccccc2)nc1-c1cc2ccccc2o1)N1CCC1.